The highest BCUT2D eigenvalue weighted by Gasteiger charge is 2.36. The molecule has 2 fully saturated rings. The minimum Gasteiger partial charge on any atom is -0.468 e. The molecule has 0 saturated carbocycles. The van der Waals surface area contributed by atoms with Crippen molar-refractivity contribution in [3.8, 4) is 0 Å². The number of likely N-dealkylation sites (N-methyl/N-ethyl adjacent to an activating group) is 1. The highest BCUT2D eigenvalue weighted by Crippen LogP contribution is 2.43. The van der Waals surface area contributed by atoms with Gasteiger partial charge in [-0.1, -0.05) is 12.1 Å². The first kappa shape index (κ1) is 20.7. The zero-order chi connectivity index (χ0) is 21.3. The number of carbonyl (C=O) groups is 3. The number of nitrogens with one attached hydrogen (secondary N) is 1. The van der Waals surface area contributed by atoms with Gasteiger partial charge < -0.3 is 14.5 Å². The van der Waals surface area contributed by atoms with Gasteiger partial charge in [0.1, 0.15) is 6.04 Å². The number of anilines is 2. The van der Waals surface area contributed by atoms with Crippen LogP contribution >= 0.6 is 0 Å². The van der Waals surface area contributed by atoms with Crippen LogP contribution in [0.2, 0.25) is 0 Å². The molecule has 3 heterocycles. The average Bonchev–Trinajstić information content (AvgIpc) is 2.75. The van der Waals surface area contributed by atoms with Gasteiger partial charge in [-0.2, -0.15) is 0 Å². The van der Waals surface area contributed by atoms with Gasteiger partial charge in [0.15, 0.2) is 0 Å². The van der Waals surface area contributed by atoms with Gasteiger partial charge in [-0.05, 0) is 49.9 Å². The van der Waals surface area contributed by atoms with Gasteiger partial charge in [-0.25, -0.2) is 0 Å². The summed E-state index contributed by atoms with van der Waals surface area (Å²) in [6, 6.07) is 6.06. The topological polar surface area (TPSA) is 82.2 Å². The van der Waals surface area contributed by atoms with Crippen LogP contribution in [0.1, 0.15) is 37.2 Å². The summed E-state index contributed by atoms with van der Waals surface area (Å²) in [7, 11) is 3.53. The van der Waals surface area contributed by atoms with Crippen molar-refractivity contribution in [1.29, 1.82) is 0 Å². The number of benzene rings is 1. The first-order chi connectivity index (χ1) is 14.5. The lowest BCUT2D eigenvalue weighted by Crippen LogP contribution is -2.55. The molecule has 2 amide bonds. The molecule has 8 nitrogen and oxygen atoms in total. The first-order valence-corrected chi connectivity index (χ1v) is 10.7. The normalized spacial score (nSPS) is 23.2. The second-order valence-corrected chi connectivity index (χ2v) is 8.42. The number of ether oxygens (including phenoxy) is 1. The molecule has 0 bridgehead atoms. The van der Waals surface area contributed by atoms with Crippen LogP contribution in [-0.2, 0) is 19.1 Å². The summed E-state index contributed by atoms with van der Waals surface area (Å²) in [5.74, 6) is -0.149. The Hall–Kier alpha value is -2.61. The van der Waals surface area contributed by atoms with Crippen LogP contribution in [-0.4, -0.2) is 75.6 Å². The fourth-order valence-electron chi connectivity index (χ4n) is 4.97. The van der Waals surface area contributed by atoms with E-state index in [4.69, 9.17) is 4.74 Å². The maximum absolute atomic E-state index is 12.5. The lowest BCUT2D eigenvalue weighted by atomic mass is 9.86. The summed E-state index contributed by atoms with van der Waals surface area (Å²) >= 11 is 0. The summed E-state index contributed by atoms with van der Waals surface area (Å²) in [4.78, 5) is 42.3. The third-order valence-corrected chi connectivity index (χ3v) is 6.61. The van der Waals surface area contributed by atoms with E-state index in [1.54, 1.807) is 0 Å². The molecular formula is C22H30N4O4. The van der Waals surface area contributed by atoms with Gasteiger partial charge in [0.25, 0.3) is 0 Å². The van der Waals surface area contributed by atoms with Crippen molar-refractivity contribution in [2.45, 2.75) is 37.6 Å². The Morgan fingerprint density at radius 1 is 1.13 bits per heavy atom. The fraction of sp³-hybridized carbons (Fsp3) is 0.591. The number of hydrogen-bond acceptors (Lipinski definition) is 7. The van der Waals surface area contributed by atoms with Gasteiger partial charge in [0, 0.05) is 26.6 Å². The largest absolute Gasteiger partial charge is 0.468 e. The molecule has 2 saturated heterocycles. The molecule has 0 spiro atoms. The van der Waals surface area contributed by atoms with Crippen LogP contribution in [0.5, 0.6) is 0 Å². The van der Waals surface area contributed by atoms with E-state index >= 15 is 0 Å². The molecule has 30 heavy (non-hydrogen) atoms. The highest BCUT2D eigenvalue weighted by molar-refractivity contribution is 6.02. The van der Waals surface area contributed by atoms with Crippen molar-refractivity contribution in [1.82, 2.24) is 10.2 Å². The Labute approximate surface area is 177 Å². The molecule has 8 heteroatoms. The molecule has 1 N–H and O–H groups in total. The second kappa shape index (κ2) is 8.63. The molecule has 0 unspecified atom stereocenters. The maximum Gasteiger partial charge on any atom is 0.319 e. The summed E-state index contributed by atoms with van der Waals surface area (Å²) < 4.78 is 4.79. The maximum atomic E-state index is 12.5. The van der Waals surface area contributed by atoms with Crippen molar-refractivity contribution in [2.75, 3.05) is 56.7 Å². The minimum atomic E-state index is -0.299. The zero-order valence-electron chi connectivity index (χ0n) is 17.7. The molecule has 0 radical (unpaired) electrons. The lowest BCUT2D eigenvalue weighted by molar-refractivity contribution is -0.142. The van der Waals surface area contributed by atoms with Crippen LogP contribution in [0.4, 0.5) is 11.4 Å². The number of amides is 2. The number of fused-ring (bicyclic) bond motifs is 1. The van der Waals surface area contributed by atoms with Gasteiger partial charge in [-0.3, -0.25) is 24.6 Å². The average molecular weight is 415 g/mol. The summed E-state index contributed by atoms with van der Waals surface area (Å²) in [5.41, 5.74) is 3.58. The predicted octanol–water partition coefficient (Wildman–Crippen LogP) is 1.10. The summed E-state index contributed by atoms with van der Waals surface area (Å²) in [6.07, 6.45) is 2.92. The molecule has 1 aromatic rings. The van der Waals surface area contributed by atoms with E-state index < -0.39 is 0 Å². The number of hydrogen-bond donors (Lipinski definition) is 1. The van der Waals surface area contributed by atoms with Crippen molar-refractivity contribution in [2.24, 2.45) is 0 Å². The third kappa shape index (κ3) is 4.01. The van der Waals surface area contributed by atoms with Gasteiger partial charge in [0.2, 0.25) is 11.8 Å². The van der Waals surface area contributed by atoms with Crippen LogP contribution < -0.4 is 15.1 Å². The number of piperidine rings is 2. The fourth-order valence-corrected chi connectivity index (χ4v) is 4.97. The number of methoxy groups -OCH3 is 1. The Bertz CT molecular complexity index is 834. The number of likely N-dealkylation sites (tertiary alicyclic amines) is 1. The molecule has 4 rings (SSSR count). The van der Waals surface area contributed by atoms with Crippen molar-refractivity contribution >= 4 is 29.2 Å². The van der Waals surface area contributed by atoms with Gasteiger partial charge >= 0.3 is 5.97 Å². The minimum absolute atomic E-state index is 0.182. The van der Waals surface area contributed by atoms with Crippen molar-refractivity contribution in [3.63, 3.8) is 0 Å². The number of carbonyl (C=O) groups excluding carboxylic acids is 3. The molecule has 1 aromatic carbocycles. The number of esters is 1. The van der Waals surface area contributed by atoms with Crippen LogP contribution in [0.15, 0.2) is 18.2 Å². The Morgan fingerprint density at radius 3 is 2.60 bits per heavy atom. The van der Waals surface area contributed by atoms with Gasteiger partial charge in [0.05, 0.1) is 25.0 Å². The first-order valence-electron chi connectivity index (χ1n) is 10.7. The van der Waals surface area contributed by atoms with E-state index in [9.17, 15) is 14.4 Å². The van der Waals surface area contributed by atoms with Crippen molar-refractivity contribution in [3.05, 3.63) is 23.8 Å². The van der Waals surface area contributed by atoms with E-state index in [0.717, 1.165) is 44.7 Å². The van der Waals surface area contributed by atoms with Crippen LogP contribution in [0, 0.1) is 0 Å². The number of imide groups is 1. The summed E-state index contributed by atoms with van der Waals surface area (Å²) in [5, 5.41) is 2.50. The Kier molecular flexibility index (Phi) is 5.94. The van der Waals surface area contributed by atoms with E-state index in [0.29, 0.717) is 25.3 Å². The molecular weight excluding hydrogens is 384 g/mol. The van der Waals surface area contributed by atoms with Gasteiger partial charge in [-0.15, -0.1) is 0 Å². The van der Waals surface area contributed by atoms with E-state index in [-0.39, 0.29) is 23.8 Å². The highest BCUT2D eigenvalue weighted by atomic mass is 16.5. The van der Waals surface area contributed by atoms with E-state index in [2.05, 4.69) is 45.3 Å². The predicted molar refractivity (Wildman–Crippen MR) is 114 cm³/mol. The van der Waals surface area contributed by atoms with Crippen LogP contribution in [0.25, 0.3) is 0 Å². The summed E-state index contributed by atoms with van der Waals surface area (Å²) in [6.45, 7) is 3.67. The molecule has 3 aliphatic heterocycles. The monoisotopic (exact) mass is 414 g/mol. The van der Waals surface area contributed by atoms with E-state index in [1.165, 1.54) is 18.4 Å². The molecule has 0 aliphatic carbocycles. The molecule has 3 aliphatic rings. The number of nitrogens with zero attached hydrogens (tertiary/aromatic N) is 3. The third-order valence-electron chi connectivity index (χ3n) is 6.61. The lowest BCUT2D eigenvalue weighted by Gasteiger charge is -2.44. The second-order valence-electron chi connectivity index (χ2n) is 8.42. The Morgan fingerprint density at radius 2 is 1.90 bits per heavy atom. The smallest absolute Gasteiger partial charge is 0.319 e. The standard InChI is InChI=1S/C22H30N4O4/c1-24-12-13-26(18-6-7-19(27)23-22(18)29)17-5-3-4-16(21(17)24)15-8-10-25(11-9-15)14-20(28)30-2/h3-5,15,18H,6-14H2,1-2H3,(H,23,27,29)/t18-/m0/s1. The molecule has 1 atom stereocenters. The van der Waals surface area contributed by atoms with E-state index in [1.807, 2.05) is 0 Å². The Balaban J connectivity index is 1.55. The quantitative estimate of drug-likeness (QED) is 0.584. The number of rotatable bonds is 4. The number of para-hydroxylation sites is 1. The zero-order valence-corrected chi connectivity index (χ0v) is 17.7. The van der Waals surface area contributed by atoms with Crippen LogP contribution in [0.3, 0.4) is 0 Å². The SMILES string of the molecule is COC(=O)CN1CCC(c2cccc3c2N(C)CCN3[C@H]2CCC(=O)NC2=O)CC1. The van der Waals surface area contributed by atoms with Crippen molar-refractivity contribution < 1.29 is 19.1 Å². The molecule has 162 valence electrons. The molecule has 0 aromatic heterocycles.